The van der Waals surface area contributed by atoms with E-state index >= 15 is 0 Å². The van der Waals surface area contributed by atoms with Gasteiger partial charge < -0.3 is 0 Å². The standard InChI is InChI=1S/C8H10N2O2S/c11-8(7-4-5-9-13-7)10-12-6-2-1-3-6/h4-6H,1-3H2,(H,10,11). The van der Waals surface area contributed by atoms with Gasteiger partial charge in [-0.1, -0.05) is 0 Å². The smallest absolute Gasteiger partial charge is 0.270 e. The van der Waals surface area contributed by atoms with Crippen molar-refractivity contribution >= 4 is 17.4 Å². The van der Waals surface area contributed by atoms with Gasteiger partial charge in [0, 0.05) is 6.20 Å². The summed E-state index contributed by atoms with van der Waals surface area (Å²) < 4.78 is 3.83. The van der Waals surface area contributed by atoms with Crippen LogP contribution in [0.15, 0.2) is 12.3 Å². The van der Waals surface area contributed by atoms with E-state index in [1.54, 1.807) is 12.3 Å². The highest BCUT2D eigenvalue weighted by atomic mass is 32.1. The quantitative estimate of drug-likeness (QED) is 0.746. The fraction of sp³-hybridized carbons (Fsp3) is 0.500. The Labute approximate surface area is 80.0 Å². The second-order valence-corrected chi connectivity index (χ2v) is 3.81. The van der Waals surface area contributed by atoms with Gasteiger partial charge >= 0.3 is 0 Å². The molecule has 0 radical (unpaired) electrons. The Hall–Kier alpha value is -0.940. The Morgan fingerprint density at radius 2 is 2.54 bits per heavy atom. The molecule has 1 saturated carbocycles. The van der Waals surface area contributed by atoms with Crippen LogP contribution in [0.25, 0.3) is 0 Å². The van der Waals surface area contributed by atoms with Gasteiger partial charge in [0.05, 0.1) is 6.10 Å². The van der Waals surface area contributed by atoms with Gasteiger partial charge in [-0.3, -0.25) is 9.63 Å². The molecule has 1 aromatic rings. The zero-order valence-corrected chi connectivity index (χ0v) is 7.84. The topological polar surface area (TPSA) is 51.2 Å². The number of nitrogens with zero attached hydrogens (tertiary/aromatic N) is 1. The summed E-state index contributed by atoms with van der Waals surface area (Å²) in [5.41, 5.74) is 2.42. The maximum atomic E-state index is 11.3. The molecule has 5 heteroatoms. The second kappa shape index (κ2) is 3.85. The van der Waals surface area contributed by atoms with Crippen LogP contribution in [-0.4, -0.2) is 16.4 Å². The summed E-state index contributed by atoms with van der Waals surface area (Å²) in [4.78, 5) is 17.0. The lowest BCUT2D eigenvalue weighted by Gasteiger charge is -2.24. The van der Waals surface area contributed by atoms with Crippen molar-refractivity contribution in [2.24, 2.45) is 0 Å². The third-order valence-electron chi connectivity index (χ3n) is 2.03. The van der Waals surface area contributed by atoms with Crippen LogP contribution in [0.4, 0.5) is 0 Å². The highest BCUT2D eigenvalue weighted by Gasteiger charge is 2.19. The van der Waals surface area contributed by atoms with Gasteiger partial charge in [-0.2, -0.15) is 0 Å². The van der Waals surface area contributed by atoms with Crippen molar-refractivity contribution in [2.45, 2.75) is 25.4 Å². The molecule has 0 unspecified atom stereocenters. The normalized spacial score (nSPS) is 16.6. The maximum absolute atomic E-state index is 11.3. The van der Waals surface area contributed by atoms with Crippen molar-refractivity contribution in [3.63, 3.8) is 0 Å². The van der Waals surface area contributed by atoms with Gasteiger partial charge in [0.15, 0.2) is 0 Å². The summed E-state index contributed by atoms with van der Waals surface area (Å²) in [7, 11) is 0. The molecule has 0 bridgehead atoms. The number of aromatic nitrogens is 1. The molecule has 2 rings (SSSR count). The molecule has 1 N–H and O–H groups in total. The molecule has 13 heavy (non-hydrogen) atoms. The first kappa shape index (κ1) is 8.65. The second-order valence-electron chi connectivity index (χ2n) is 2.98. The van der Waals surface area contributed by atoms with Crippen LogP contribution in [-0.2, 0) is 4.84 Å². The first-order valence-corrected chi connectivity index (χ1v) is 5.00. The number of carbonyl (C=O) groups excluding carboxylic acids is 1. The highest BCUT2D eigenvalue weighted by Crippen LogP contribution is 2.20. The van der Waals surface area contributed by atoms with Crippen LogP contribution in [0.5, 0.6) is 0 Å². The third kappa shape index (κ3) is 2.05. The first-order chi connectivity index (χ1) is 6.36. The predicted octanol–water partition coefficient (Wildman–Crippen LogP) is 1.36. The van der Waals surface area contributed by atoms with Gasteiger partial charge in [0.2, 0.25) is 0 Å². The predicted molar refractivity (Wildman–Crippen MR) is 48.3 cm³/mol. The summed E-state index contributed by atoms with van der Waals surface area (Å²) >= 11 is 1.17. The Bertz CT molecular complexity index is 282. The van der Waals surface area contributed by atoms with E-state index in [1.165, 1.54) is 18.0 Å². The number of nitrogens with one attached hydrogen (secondary N) is 1. The van der Waals surface area contributed by atoms with Crippen molar-refractivity contribution in [1.29, 1.82) is 0 Å². The average Bonchev–Trinajstić information content (AvgIpc) is 2.52. The van der Waals surface area contributed by atoms with Crippen LogP contribution in [0, 0.1) is 0 Å². The van der Waals surface area contributed by atoms with Gasteiger partial charge in [-0.25, -0.2) is 9.85 Å². The molecule has 1 fully saturated rings. The number of amides is 1. The van der Waals surface area contributed by atoms with E-state index in [0.29, 0.717) is 4.88 Å². The molecule has 0 saturated heterocycles. The molecular formula is C8H10N2O2S. The van der Waals surface area contributed by atoms with Crippen LogP contribution < -0.4 is 5.48 Å². The largest absolute Gasteiger partial charge is 0.286 e. The Kier molecular flexibility index (Phi) is 2.56. The van der Waals surface area contributed by atoms with Crippen molar-refractivity contribution in [3.05, 3.63) is 17.1 Å². The summed E-state index contributed by atoms with van der Waals surface area (Å²) in [6, 6.07) is 1.67. The Balaban J connectivity index is 1.78. The van der Waals surface area contributed by atoms with Crippen LogP contribution >= 0.6 is 11.5 Å². The molecule has 1 heterocycles. The van der Waals surface area contributed by atoms with Gasteiger partial charge in [-0.05, 0) is 36.9 Å². The minimum absolute atomic E-state index is 0.200. The lowest BCUT2D eigenvalue weighted by Crippen LogP contribution is -2.32. The van der Waals surface area contributed by atoms with E-state index in [2.05, 4.69) is 9.85 Å². The molecule has 4 nitrogen and oxygen atoms in total. The Morgan fingerprint density at radius 1 is 1.69 bits per heavy atom. The first-order valence-electron chi connectivity index (χ1n) is 4.23. The van der Waals surface area contributed by atoms with E-state index in [4.69, 9.17) is 4.84 Å². The van der Waals surface area contributed by atoms with E-state index in [1.807, 2.05) is 0 Å². The van der Waals surface area contributed by atoms with E-state index in [9.17, 15) is 4.79 Å². The number of hydroxylamine groups is 1. The molecule has 1 aliphatic carbocycles. The zero-order chi connectivity index (χ0) is 9.10. The van der Waals surface area contributed by atoms with E-state index in [0.717, 1.165) is 12.8 Å². The number of rotatable bonds is 3. The van der Waals surface area contributed by atoms with Gasteiger partial charge in [-0.15, -0.1) is 0 Å². The zero-order valence-electron chi connectivity index (χ0n) is 7.03. The fourth-order valence-electron chi connectivity index (χ4n) is 1.01. The summed E-state index contributed by atoms with van der Waals surface area (Å²) in [5.74, 6) is -0.200. The summed E-state index contributed by atoms with van der Waals surface area (Å²) in [6.45, 7) is 0. The molecule has 0 atom stereocenters. The maximum Gasteiger partial charge on any atom is 0.286 e. The minimum atomic E-state index is -0.200. The molecule has 1 amide bonds. The van der Waals surface area contributed by atoms with E-state index < -0.39 is 0 Å². The lowest BCUT2D eigenvalue weighted by molar-refractivity contribution is -0.0506. The van der Waals surface area contributed by atoms with Crippen molar-refractivity contribution in [1.82, 2.24) is 9.85 Å². The third-order valence-corrected chi connectivity index (χ3v) is 2.78. The van der Waals surface area contributed by atoms with E-state index in [-0.39, 0.29) is 12.0 Å². The van der Waals surface area contributed by atoms with Crippen LogP contribution in [0.3, 0.4) is 0 Å². The number of hydrogen-bond acceptors (Lipinski definition) is 4. The Morgan fingerprint density at radius 3 is 3.08 bits per heavy atom. The molecule has 1 aromatic heterocycles. The number of hydrogen-bond donors (Lipinski definition) is 1. The fourth-order valence-corrected chi connectivity index (χ4v) is 1.49. The van der Waals surface area contributed by atoms with Crippen molar-refractivity contribution < 1.29 is 9.63 Å². The van der Waals surface area contributed by atoms with Crippen LogP contribution in [0.2, 0.25) is 0 Å². The highest BCUT2D eigenvalue weighted by molar-refractivity contribution is 7.08. The summed E-state index contributed by atoms with van der Waals surface area (Å²) in [5, 5.41) is 0. The lowest BCUT2D eigenvalue weighted by atomic mass is 9.97. The summed E-state index contributed by atoms with van der Waals surface area (Å²) in [6.07, 6.45) is 5.10. The monoisotopic (exact) mass is 198 g/mol. The molecule has 0 aliphatic heterocycles. The van der Waals surface area contributed by atoms with Crippen LogP contribution in [0.1, 0.15) is 28.9 Å². The minimum Gasteiger partial charge on any atom is -0.270 e. The molecule has 1 aliphatic rings. The van der Waals surface area contributed by atoms with Gasteiger partial charge in [0.1, 0.15) is 4.88 Å². The molecule has 0 aromatic carbocycles. The SMILES string of the molecule is O=C(NOC1CCC1)c1ccns1. The molecular weight excluding hydrogens is 188 g/mol. The number of carbonyl (C=O) groups is 1. The van der Waals surface area contributed by atoms with Gasteiger partial charge in [0.25, 0.3) is 5.91 Å². The van der Waals surface area contributed by atoms with Crippen molar-refractivity contribution in [2.75, 3.05) is 0 Å². The average molecular weight is 198 g/mol. The van der Waals surface area contributed by atoms with Crippen molar-refractivity contribution in [3.8, 4) is 0 Å². The molecule has 70 valence electrons. The molecule has 0 spiro atoms.